The standard InChI is InChI=1S/C16H20FN/c1-11(18-2)14-10-16(7-3-4-8-16)15-6-5-12(17)9-13(14)15/h5-6,9-11,18H,3-4,7-8H2,1-2H3. The van der Waals surface area contributed by atoms with Crippen molar-refractivity contribution in [3.8, 4) is 0 Å². The van der Waals surface area contributed by atoms with Crippen LogP contribution >= 0.6 is 0 Å². The molecule has 96 valence electrons. The smallest absolute Gasteiger partial charge is 0.123 e. The monoisotopic (exact) mass is 245 g/mol. The molecule has 0 radical (unpaired) electrons. The summed E-state index contributed by atoms with van der Waals surface area (Å²) in [6.45, 7) is 2.15. The van der Waals surface area contributed by atoms with Gasteiger partial charge >= 0.3 is 0 Å². The van der Waals surface area contributed by atoms with Gasteiger partial charge < -0.3 is 5.32 Å². The summed E-state index contributed by atoms with van der Waals surface area (Å²) in [4.78, 5) is 0. The fourth-order valence-electron chi connectivity index (χ4n) is 3.58. The molecule has 0 aliphatic heterocycles. The highest BCUT2D eigenvalue weighted by atomic mass is 19.1. The lowest BCUT2D eigenvalue weighted by molar-refractivity contribution is 0.563. The first-order valence-corrected chi connectivity index (χ1v) is 6.87. The highest BCUT2D eigenvalue weighted by Gasteiger charge is 2.41. The average molecular weight is 245 g/mol. The molecular formula is C16H20FN. The number of hydrogen-bond acceptors (Lipinski definition) is 1. The van der Waals surface area contributed by atoms with Gasteiger partial charge in [-0.25, -0.2) is 4.39 Å². The minimum atomic E-state index is -0.127. The molecule has 0 amide bonds. The van der Waals surface area contributed by atoms with E-state index < -0.39 is 0 Å². The molecule has 0 heterocycles. The largest absolute Gasteiger partial charge is 0.313 e. The topological polar surface area (TPSA) is 12.0 Å². The van der Waals surface area contributed by atoms with Crippen LogP contribution in [0.2, 0.25) is 0 Å². The lowest BCUT2D eigenvalue weighted by atomic mass is 9.81. The highest BCUT2D eigenvalue weighted by molar-refractivity contribution is 5.79. The molecule has 2 aliphatic rings. The summed E-state index contributed by atoms with van der Waals surface area (Å²) < 4.78 is 13.5. The molecule has 0 aromatic heterocycles. The predicted molar refractivity (Wildman–Crippen MR) is 73.0 cm³/mol. The van der Waals surface area contributed by atoms with E-state index >= 15 is 0 Å². The number of rotatable bonds is 2. The summed E-state index contributed by atoms with van der Waals surface area (Å²) in [7, 11) is 1.96. The van der Waals surface area contributed by atoms with Crippen LogP contribution in [0, 0.1) is 5.82 Å². The minimum Gasteiger partial charge on any atom is -0.313 e. The van der Waals surface area contributed by atoms with Crippen molar-refractivity contribution in [1.82, 2.24) is 5.32 Å². The molecule has 1 nitrogen and oxygen atoms in total. The van der Waals surface area contributed by atoms with Gasteiger partial charge in [0.15, 0.2) is 0 Å². The second-order valence-corrected chi connectivity index (χ2v) is 5.66. The van der Waals surface area contributed by atoms with Crippen molar-refractivity contribution >= 4 is 5.57 Å². The number of allylic oxidation sites excluding steroid dienone is 1. The van der Waals surface area contributed by atoms with Crippen molar-refractivity contribution in [1.29, 1.82) is 0 Å². The molecule has 0 bridgehead atoms. The maximum atomic E-state index is 13.5. The zero-order valence-electron chi connectivity index (χ0n) is 11.1. The maximum absolute atomic E-state index is 13.5. The van der Waals surface area contributed by atoms with Gasteiger partial charge in [0.1, 0.15) is 5.82 Å². The third-order valence-corrected chi connectivity index (χ3v) is 4.66. The van der Waals surface area contributed by atoms with Crippen molar-refractivity contribution in [2.75, 3.05) is 7.05 Å². The van der Waals surface area contributed by atoms with Gasteiger partial charge in [0, 0.05) is 11.5 Å². The van der Waals surface area contributed by atoms with Gasteiger partial charge in [-0.1, -0.05) is 25.0 Å². The van der Waals surface area contributed by atoms with Crippen LogP contribution in [0.1, 0.15) is 43.7 Å². The Morgan fingerprint density at radius 1 is 1.28 bits per heavy atom. The molecule has 18 heavy (non-hydrogen) atoms. The number of fused-ring (bicyclic) bond motifs is 2. The van der Waals surface area contributed by atoms with E-state index in [-0.39, 0.29) is 17.3 Å². The Morgan fingerprint density at radius 2 is 2.00 bits per heavy atom. The third kappa shape index (κ3) is 1.63. The van der Waals surface area contributed by atoms with E-state index in [1.165, 1.54) is 36.8 Å². The van der Waals surface area contributed by atoms with Crippen LogP contribution in [0.3, 0.4) is 0 Å². The van der Waals surface area contributed by atoms with Crippen molar-refractivity contribution in [2.45, 2.75) is 44.1 Å². The van der Waals surface area contributed by atoms with E-state index in [0.717, 1.165) is 5.56 Å². The normalized spacial score (nSPS) is 22.1. The molecular weight excluding hydrogens is 225 g/mol. The summed E-state index contributed by atoms with van der Waals surface area (Å²) in [6.07, 6.45) is 7.41. The second kappa shape index (κ2) is 4.20. The Bertz CT molecular complexity index is 498. The van der Waals surface area contributed by atoms with Crippen molar-refractivity contribution in [3.63, 3.8) is 0 Å². The summed E-state index contributed by atoms with van der Waals surface area (Å²) in [6, 6.07) is 5.61. The molecule has 1 N–H and O–H groups in total. The van der Waals surface area contributed by atoms with Crippen LogP contribution in [-0.2, 0) is 5.41 Å². The van der Waals surface area contributed by atoms with Gasteiger partial charge in [-0.05, 0) is 55.6 Å². The van der Waals surface area contributed by atoms with Gasteiger partial charge in [0.05, 0.1) is 0 Å². The van der Waals surface area contributed by atoms with Crippen molar-refractivity contribution in [3.05, 3.63) is 41.2 Å². The van der Waals surface area contributed by atoms with E-state index in [1.54, 1.807) is 12.1 Å². The quantitative estimate of drug-likeness (QED) is 0.838. The molecule has 1 saturated carbocycles. The Balaban J connectivity index is 2.14. The summed E-state index contributed by atoms with van der Waals surface area (Å²) in [5, 5.41) is 3.28. The average Bonchev–Trinajstić information content (AvgIpc) is 2.96. The lowest BCUT2D eigenvalue weighted by Crippen LogP contribution is -2.22. The van der Waals surface area contributed by atoms with E-state index in [4.69, 9.17) is 0 Å². The first-order valence-electron chi connectivity index (χ1n) is 6.87. The van der Waals surface area contributed by atoms with Crippen LogP contribution in [0.15, 0.2) is 24.3 Å². The number of halogens is 1. The molecule has 1 atom stereocenters. The zero-order valence-corrected chi connectivity index (χ0v) is 11.1. The number of nitrogens with one attached hydrogen (secondary N) is 1. The summed E-state index contributed by atoms with van der Waals surface area (Å²) >= 11 is 0. The highest BCUT2D eigenvalue weighted by Crippen LogP contribution is 2.51. The first-order chi connectivity index (χ1) is 8.66. The Morgan fingerprint density at radius 3 is 2.67 bits per heavy atom. The van der Waals surface area contributed by atoms with E-state index in [1.807, 2.05) is 13.1 Å². The van der Waals surface area contributed by atoms with Gasteiger partial charge in [-0.2, -0.15) is 0 Å². The molecule has 3 rings (SSSR count). The maximum Gasteiger partial charge on any atom is 0.123 e. The summed E-state index contributed by atoms with van der Waals surface area (Å²) in [5.41, 5.74) is 3.94. The molecule has 1 aromatic rings. The van der Waals surface area contributed by atoms with Gasteiger partial charge in [-0.15, -0.1) is 0 Å². The number of benzene rings is 1. The van der Waals surface area contributed by atoms with E-state index in [0.29, 0.717) is 0 Å². The van der Waals surface area contributed by atoms with Crippen molar-refractivity contribution < 1.29 is 4.39 Å². The first kappa shape index (κ1) is 11.9. The Hall–Kier alpha value is -1.15. The van der Waals surface area contributed by atoms with Gasteiger partial charge in [0.2, 0.25) is 0 Å². The zero-order chi connectivity index (χ0) is 12.8. The van der Waals surface area contributed by atoms with Crippen LogP contribution in [0.4, 0.5) is 4.39 Å². The van der Waals surface area contributed by atoms with Gasteiger partial charge in [-0.3, -0.25) is 0 Å². The van der Waals surface area contributed by atoms with E-state index in [2.05, 4.69) is 18.3 Å². The summed E-state index contributed by atoms with van der Waals surface area (Å²) in [5.74, 6) is -0.127. The van der Waals surface area contributed by atoms with Gasteiger partial charge in [0.25, 0.3) is 0 Å². The Kier molecular flexibility index (Phi) is 2.78. The fourth-order valence-corrected chi connectivity index (χ4v) is 3.58. The fraction of sp³-hybridized carbons (Fsp3) is 0.500. The van der Waals surface area contributed by atoms with Crippen molar-refractivity contribution in [2.24, 2.45) is 0 Å². The molecule has 1 spiro atoms. The van der Waals surface area contributed by atoms with E-state index in [9.17, 15) is 4.39 Å². The predicted octanol–water partition coefficient (Wildman–Crippen LogP) is 3.64. The Labute approximate surface area is 108 Å². The molecule has 1 fully saturated rings. The molecule has 1 aromatic carbocycles. The van der Waals surface area contributed by atoms with Crippen LogP contribution in [0.5, 0.6) is 0 Å². The lowest BCUT2D eigenvalue weighted by Gasteiger charge is -2.22. The molecule has 1 unspecified atom stereocenters. The molecule has 2 aliphatic carbocycles. The third-order valence-electron chi connectivity index (χ3n) is 4.66. The minimum absolute atomic E-state index is 0.127. The van der Waals surface area contributed by atoms with Crippen LogP contribution < -0.4 is 5.32 Å². The second-order valence-electron chi connectivity index (χ2n) is 5.66. The van der Waals surface area contributed by atoms with Crippen LogP contribution in [0.25, 0.3) is 5.57 Å². The molecule has 0 saturated heterocycles. The molecule has 2 heteroatoms. The number of hydrogen-bond donors (Lipinski definition) is 1. The van der Waals surface area contributed by atoms with Crippen LogP contribution in [-0.4, -0.2) is 13.1 Å². The SMILES string of the molecule is CNC(C)C1=CC2(CCCC2)c2ccc(F)cc21. The number of likely N-dealkylation sites (N-methyl/N-ethyl adjacent to an activating group) is 1.